The minimum atomic E-state index is -0.729. The molecule has 2 aromatic rings. The highest BCUT2D eigenvalue weighted by molar-refractivity contribution is 5.82. The first kappa shape index (κ1) is 25.9. The van der Waals surface area contributed by atoms with Crippen molar-refractivity contribution in [2.75, 3.05) is 26.2 Å². The topological polar surface area (TPSA) is 85.1 Å². The molecule has 0 radical (unpaired) electrons. The van der Waals surface area contributed by atoms with E-state index in [4.69, 9.17) is 15.2 Å². The van der Waals surface area contributed by atoms with E-state index < -0.39 is 6.04 Å². The standard InChI is InChI=1S/C28H36FN3O4/c1-19(2)35-28(34)32-15-11-24(12-16-32)36-23-9-7-20(8-10-23)21-5-6-22(25(29)17-21)18-26(30)27(33)31-13-3-4-14-31/h5-10,17,19,24,26H,3-4,11-16,18,30H2,1-2H3. The Morgan fingerprint density at radius 1 is 0.972 bits per heavy atom. The molecule has 2 N–H and O–H groups in total. The van der Waals surface area contributed by atoms with Gasteiger partial charge in [-0.15, -0.1) is 0 Å². The SMILES string of the molecule is CC(C)OC(=O)N1CCC(Oc2ccc(-c3ccc(CC(N)C(=O)N4CCCC4)c(F)c3)cc2)CC1. The fourth-order valence-electron chi connectivity index (χ4n) is 4.74. The number of nitrogens with two attached hydrogens (primary N) is 1. The van der Waals surface area contributed by atoms with E-state index in [2.05, 4.69) is 0 Å². The van der Waals surface area contributed by atoms with E-state index in [1.165, 1.54) is 6.07 Å². The van der Waals surface area contributed by atoms with Gasteiger partial charge in [0, 0.05) is 39.0 Å². The smallest absolute Gasteiger partial charge is 0.410 e. The fraction of sp³-hybridized carbons (Fsp3) is 0.500. The second-order valence-corrected chi connectivity index (χ2v) is 9.91. The predicted molar refractivity (Wildman–Crippen MR) is 136 cm³/mol. The zero-order chi connectivity index (χ0) is 25.7. The summed E-state index contributed by atoms with van der Waals surface area (Å²) in [5.41, 5.74) is 8.15. The van der Waals surface area contributed by atoms with Crippen molar-refractivity contribution in [2.24, 2.45) is 5.73 Å². The summed E-state index contributed by atoms with van der Waals surface area (Å²) in [6, 6.07) is 11.9. The highest BCUT2D eigenvalue weighted by Gasteiger charge is 2.26. The summed E-state index contributed by atoms with van der Waals surface area (Å²) in [6.07, 6.45) is 3.29. The number of hydrogen-bond donors (Lipinski definition) is 1. The van der Waals surface area contributed by atoms with Crippen molar-refractivity contribution in [3.05, 3.63) is 53.8 Å². The van der Waals surface area contributed by atoms with Crippen LogP contribution in [-0.4, -0.2) is 66.2 Å². The minimum absolute atomic E-state index is 0.0307. The van der Waals surface area contributed by atoms with E-state index in [1.807, 2.05) is 44.2 Å². The fourth-order valence-corrected chi connectivity index (χ4v) is 4.74. The Balaban J connectivity index is 1.30. The van der Waals surface area contributed by atoms with Gasteiger partial charge < -0.3 is 25.0 Å². The third-order valence-electron chi connectivity index (χ3n) is 6.75. The third kappa shape index (κ3) is 6.55. The maximum Gasteiger partial charge on any atom is 0.410 e. The van der Waals surface area contributed by atoms with Crippen molar-refractivity contribution in [3.8, 4) is 16.9 Å². The van der Waals surface area contributed by atoms with Crippen LogP contribution in [0, 0.1) is 5.82 Å². The van der Waals surface area contributed by atoms with Gasteiger partial charge in [0.15, 0.2) is 0 Å². The van der Waals surface area contributed by atoms with Gasteiger partial charge in [0.2, 0.25) is 5.91 Å². The van der Waals surface area contributed by atoms with Crippen molar-refractivity contribution in [2.45, 2.75) is 64.2 Å². The molecule has 1 atom stereocenters. The highest BCUT2D eigenvalue weighted by Crippen LogP contribution is 2.27. The molecule has 2 aromatic carbocycles. The van der Waals surface area contributed by atoms with E-state index in [0.29, 0.717) is 18.7 Å². The number of carbonyl (C=O) groups is 2. The molecule has 0 aliphatic carbocycles. The maximum absolute atomic E-state index is 14.8. The molecule has 0 spiro atoms. The number of hydrogen-bond acceptors (Lipinski definition) is 5. The van der Waals surface area contributed by atoms with E-state index in [0.717, 1.165) is 55.6 Å². The summed E-state index contributed by atoms with van der Waals surface area (Å²) >= 11 is 0. The molecular weight excluding hydrogens is 461 g/mol. The summed E-state index contributed by atoms with van der Waals surface area (Å²) in [5.74, 6) is 0.276. The van der Waals surface area contributed by atoms with Gasteiger partial charge in [0.25, 0.3) is 0 Å². The van der Waals surface area contributed by atoms with Gasteiger partial charge in [0.05, 0.1) is 12.1 Å². The second kappa shape index (κ2) is 11.7. The van der Waals surface area contributed by atoms with Crippen LogP contribution in [0.1, 0.15) is 45.1 Å². The summed E-state index contributed by atoms with van der Waals surface area (Å²) in [5, 5.41) is 0. The minimum Gasteiger partial charge on any atom is -0.490 e. The molecule has 2 amide bonds. The summed E-state index contributed by atoms with van der Waals surface area (Å²) in [6.45, 7) is 6.36. The van der Waals surface area contributed by atoms with Crippen molar-refractivity contribution in [3.63, 3.8) is 0 Å². The Kier molecular flexibility index (Phi) is 8.46. The van der Waals surface area contributed by atoms with Crippen LogP contribution in [0.3, 0.4) is 0 Å². The predicted octanol–water partition coefficient (Wildman–Crippen LogP) is 4.37. The number of amides is 2. The maximum atomic E-state index is 14.8. The number of likely N-dealkylation sites (tertiary alicyclic amines) is 2. The third-order valence-corrected chi connectivity index (χ3v) is 6.75. The first-order chi connectivity index (χ1) is 17.3. The molecule has 8 heteroatoms. The molecule has 194 valence electrons. The Bertz CT molecular complexity index is 1050. The largest absolute Gasteiger partial charge is 0.490 e. The molecule has 0 saturated carbocycles. The van der Waals surface area contributed by atoms with Gasteiger partial charge in [-0.1, -0.05) is 24.3 Å². The number of benzene rings is 2. The lowest BCUT2D eigenvalue weighted by Gasteiger charge is -2.32. The van der Waals surface area contributed by atoms with E-state index in [9.17, 15) is 14.0 Å². The Hall–Kier alpha value is -3.13. The van der Waals surface area contributed by atoms with Crippen LogP contribution >= 0.6 is 0 Å². The molecule has 4 rings (SSSR count). The summed E-state index contributed by atoms with van der Waals surface area (Å²) in [4.78, 5) is 28.0. The number of ether oxygens (including phenoxy) is 2. The number of rotatable bonds is 7. The molecule has 0 bridgehead atoms. The Morgan fingerprint density at radius 2 is 1.61 bits per heavy atom. The first-order valence-corrected chi connectivity index (χ1v) is 12.9. The van der Waals surface area contributed by atoms with Crippen LogP contribution in [0.5, 0.6) is 5.75 Å². The second-order valence-electron chi connectivity index (χ2n) is 9.91. The molecule has 0 aromatic heterocycles. The molecule has 2 fully saturated rings. The van der Waals surface area contributed by atoms with Crippen LogP contribution in [-0.2, 0) is 16.0 Å². The average Bonchev–Trinajstić information content (AvgIpc) is 3.40. The van der Waals surface area contributed by atoms with Crippen LogP contribution in [0.2, 0.25) is 0 Å². The molecule has 2 saturated heterocycles. The zero-order valence-electron chi connectivity index (χ0n) is 21.1. The van der Waals surface area contributed by atoms with E-state index in [1.54, 1.807) is 15.9 Å². The molecule has 1 unspecified atom stereocenters. The van der Waals surface area contributed by atoms with Gasteiger partial charge in [-0.3, -0.25) is 4.79 Å². The van der Waals surface area contributed by atoms with Gasteiger partial charge in [-0.25, -0.2) is 9.18 Å². The molecule has 2 aliphatic heterocycles. The molecule has 2 aliphatic rings. The Morgan fingerprint density at radius 3 is 2.22 bits per heavy atom. The van der Waals surface area contributed by atoms with E-state index in [-0.39, 0.29) is 36.4 Å². The van der Waals surface area contributed by atoms with Gasteiger partial charge in [-0.05, 0) is 68.0 Å². The lowest BCUT2D eigenvalue weighted by Crippen LogP contribution is -2.43. The quantitative estimate of drug-likeness (QED) is 0.614. The molecule has 7 nitrogen and oxygen atoms in total. The van der Waals surface area contributed by atoms with Crippen molar-refractivity contribution < 1.29 is 23.5 Å². The first-order valence-electron chi connectivity index (χ1n) is 12.9. The number of nitrogens with zero attached hydrogens (tertiary/aromatic N) is 2. The molecule has 36 heavy (non-hydrogen) atoms. The molecule has 2 heterocycles. The van der Waals surface area contributed by atoms with Crippen molar-refractivity contribution in [1.82, 2.24) is 9.80 Å². The van der Waals surface area contributed by atoms with Crippen LogP contribution < -0.4 is 10.5 Å². The summed E-state index contributed by atoms with van der Waals surface area (Å²) in [7, 11) is 0. The van der Waals surface area contributed by atoms with Gasteiger partial charge >= 0.3 is 6.09 Å². The van der Waals surface area contributed by atoms with E-state index >= 15 is 0 Å². The average molecular weight is 498 g/mol. The number of piperidine rings is 1. The van der Waals surface area contributed by atoms with Crippen LogP contribution in [0.25, 0.3) is 11.1 Å². The number of halogens is 1. The highest BCUT2D eigenvalue weighted by atomic mass is 19.1. The lowest BCUT2D eigenvalue weighted by atomic mass is 9.99. The monoisotopic (exact) mass is 497 g/mol. The van der Waals surface area contributed by atoms with Crippen molar-refractivity contribution in [1.29, 1.82) is 0 Å². The summed E-state index contributed by atoms with van der Waals surface area (Å²) < 4.78 is 26.2. The Labute approximate surface area is 212 Å². The lowest BCUT2D eigenvalue weighted by molar-refractivity contribution is -0.131. The molecular formula is C28H36FN3O4. The number of carbonyl (C=O) groups excluding carboxylic acids is 2. The van der Waals surface area contributed by atoms with Crippen LogP contribution in [0.15, 0.2) is 42.5 Å². The van der Waals surface area contributed by atoms with Crippen molar-refractivity contribution >= 4 is 12.0 Å². The zero-order valence-corrected chi connectivity index (χ0v) is 21.1. The van der Waals surface area contributed by atoms with Gasteiger partial charge in [0.1, 0.15) is 17.7 Å². The normalized spacial score (nSPS) is 17.4. The van der Waals surface area contributed by atoms with Gasteiger partial charge in [-0.2, -0.15) is 0 Å². The van der Waals surface area contributed by atoms with Crippen LogP contribution in [0.4, 0.5) is 9.18 Å².